The highest BCUT2D eigenvalue weighted by Gasteiger charge is 2.37. The Labute approximate surface area is 174 Å². The highest BCUT2D eigenvalue weighted by atomic mass is 32.3. The second-order valence-corrected chi connectivity index (χ2v) is 11.4. The van der Waals surface area contributed by atoms with E-state index in [9.17, 15) is 19.1 Å². The predicted octanol–water partition coefficient (Wildman–Crippen LogP) is 5.44. The lowest BCUT2D eigenvalue weighted by atomic mass is 9.86. The summed E-state index contributed by atoms with van der Waals surface area (Å²) in [7, 11) is -1.70. The summed E-state index contributed by atoms with van der Waals surface area (Å²) in [5.41, 5.74) is 1.97. The van der Waals surface area contributed by atoms with Gasteiger partial charge in [-0.05, 0) is 85.6 Å². The van der Waals surface area contributed by atoms with Crippen LogP contribution in [0.4, 0.5) is 8.78 Å². The average Bonchev–Trinajstić information content (AvgIpc) is 2.67. The van der Waals surface area contributed by atoms with Crippen LogP contribution in [-0.4, -0.2) is 29.2 Å². The Kier molecular flexibility index (Phi) is 4.58. The van der Waals surface area contributed by atoms with E-state index in [0.717, 1.165) is 9.80 Å². The van der Waals surface area contributed by atoms with E-state index in [-0.39, 0.29) is 22.7 Å². The van der Waals surface area contributed by atoms with Gasteiger partial charge in [0, 0.05) is 20.9 Å². The first kappa shape index (κ1) is 20.3. The fraction of sp³-hybridized carbons (Fsp3) is 0.167. The van der Waals surface area contributed by atoms with Crippen LogP contribution in [0.25, 0.3) is 5.57 Å². The van der Waals surface area contributed by atoms with Gasteiger partial charge in [-0.3, -0.25) is 9.59 Å². The first-order valence-corrected chi connectivity index (χ1v) is 11.7. The number of Topliss-reactive ketones (excluding diaryl/α,β-unsaturated/α-hetero) is 1. The maximum absolute atomic E-state index is 15.4. The van der Waals surface area contributed by atoms with Gasteiger partial charge in [0.05, 0.1) is 5.56 Å². The number of hydrogen-bond acceptors (Lipinski definition) is 3. The van der Waals surface area contributed by atoms with Crippen LogP contribution in [0.2, 0.25) is 0 Å². The number of aromatic hydroxyl groups is 1. The summed E-state index contributed by atoms with van der Waals surface area (Å²) in [6.45, 7) is 2.82. The van der Waals surface area contributed by atoms with E-state index in [0.29, 0.717) is 22.3 Å². The second kappa shape index (κ2) is 6.77. The summed E-state index contributed by atoms with van der Waals surface area (Å²) in [6.07, 6.45) is 8.59. The Morgan fingerprint density at radius 2 is 1.77 bits per heavy atom. The van der Waals surface area contributed by atoms with E-state index in [2.05, 4.69) is 0 Å². The molecule has 6 heteroatoms. The quantitative estimate of drug-likeness (QED) is 0.651. The maximum atomic E-state index is 15.4. The van der Waals surface area contributed by atoms with Crippen molar-refractivity contribution in [3.05, 3.63) is 86.9 Å². The Bertz CT molecular complexity index is 1250. The Morgan fingerprint density at radius 1 is 1.07 bits per heavy atom. The maximum Gasteiger partial charge on any atom is 0.179 e. The number of aryl methyl sites for hydroxylation is 1. The van der Waals surface area contributed by atoms with Gasteiger partial charge in [-0.25, -0.2) is 8.78 Å². The zero-order valence-electron chi connectivity index (χ0n) is 17.0. The lowest BCUT2D eigenvalue weighted by molar-refractivity contribution is -0.110. The van der Waals surface area contributed by atoms with Gasteiger partial charge >= 0.3 is 0 Å². The number of phenolic OH excluding ortho intramolecular Hbond substituents is 1. The molecule has 30 heavy (non-hydrogen) atoms. The number of carbonyl (C=O) groups excluding carboxylic acids is 2. The molecule has 1 heterocycles. The average molecular weight is 426 g/mol. The molecule has 154 valence electrons. The normalized spacial score (nSPS) is 17.9. The standard InChI is InChI=1S/C24H20F2O3S/c1-12-9-18(13(2)27)23(25)24(26)21(12)22-16-7-5-14(28)10-19(16)30(3,4)20-11-15(29)6-8-17(20)22/h5-11,28H,1-4H3. The minimum absolute atomic E-state index is 0.0549. The number of phenols is 1. The van der Waals surface area contributed by atoms with Gasteiger partial charge in [-0.2, -0.15) is 10.0 Å². The number of ketones is 2. The van der Waals surface area contributed by atoms with Crippen molar-refractivity contribution in [3.8, 4) is 5.75 Å². The van der Waals surface area contributed by atoms with Crippen molar-refractivity contribution in [1.29, 1.82) is 0 Å². The minimum atomic E-state index is -1.70. The molecule has 0 saturated carbocycles. The molecule has 2 aliphatic rings. The zero-order valence-corrected chi connectivity index (χ0v) is 17.8. The van der Waals surface area contributed by atoms with Crippen molar-refractivity contribution in [3.63, 3.8) is 0 Å². The highest BCUT2D eigenvalue weighted by Crippen LogP contribution is 2.66. The highest BCUT2D eigenvalue weighted by molar-refractivity contribution is 8.36. The van der Waals surface area contributed by atoms with Crippen molar-refractivity contribution in [2.24, 2.45) is 0 Å². The predicted molar refractivity (Wildman–Crippen MR) is 115 cm³/mol. The summed E-state index contributed by atoms with van der Waals surface area (Å²) < 4.78 is 30.1. The van der Waals surface area contributed by atoms with Crippen molar-refractivity contribution < 1.29 is 23.5 Å². The molecular formula is C24H20F2O3S. The topological polar surface area (TPSA) is 54.4 Å². The molecule has 4 rings (SSSR count). The molecule has 0 unspecified atom stereocenters. The third-order valence-corrected chi connectivity index (χ3v) is 8.46. The summed E-state index contributed by atoms with van der Waals surface area (Å²) in [6, 6.07) is 6.18. The number of halogens is 2. The third kappa shape index (κ3) is 2.86. The number of carbonyl (C=O) groups is 2. The molecule has 0 amide bonds. The summed E-state index contributed by atoms with van der Waals surface area (Å²) >= 11 is 0. The van der Waals surface area contributed by atoms with Crippen molar-refractivity contribution in [1.82, 2.24) is 0 Å². The number of allylic oxidation sites excluding steroid dienone is 4. The lowest BCUT2D eigenvalue weighted by Crippen LogP contribution is -2.17. The second-order valence-electron chi connectivity index (χ2n) is 7.84. The molecule has 0 atom stereocenters. The molecule has 0 fully saturated rings. The molecule has 0 radical (unpaired) electrons. The summed E-state index contributed by atoms with van der Waals surface area (Å²) in [5, 5.41) is 10.1. The van der Waals surface area contributed by atoms with Crippen molar-refractivity contribution in [2.75, 3.05) is 12.5 Å². The SMILES string of the molecule is CC(=O)c1cc(C)c(C2=C3C=CC(=O)C=C3S(C)(C)c3cc(O)ccc32)c(F)c1F. The van der Waals surface area contributed by atoms with Crippen molar-refractivity contribution in [2.45, 2.75) is 18.7 Å². The fourth-order valence-corrected chi connectivity index (χ4v) is 6.62. The van der Waals surface area contributed by atoms with Crippen LogP contribution < -0.4 is 0 Å². The molecule has 2 aromatic carbocycles. The smallest absolute Gasteiger partial charge is 0.179 e. The Balaban J connectivity index is 2.16. The molecular weight excluding hydrogens is 406 g/mol. The van der Waals surface area contributed by atoms with E-state index in [1.54, 1.807) is 25.1 Å². The Hall–Kier alpha value is -2.99. The van der Waals surface area contributed by atoms with Gasteiger partial charge < -0.3 is 5.11 Å². The first-order chi connectivity index (χ1) is 14.0. The van der Waals surface area contributed by atoms with Gasteiger partial charge in [0.1, 0.15) is 5.75 Å². The van der Waals surface area contributed by atoms with Gasteiger partial charge in [0.15, 0.2) is 23.2 Å². The monoisotopic (exact) mass is 426 g/mol. The summed E-state index contributed by atoms with van der Waals surface area (Å²) in [5.74, 6) is -2.95. The van der Waals surface area contributed by atoms with E-state index in [1.807, 2.05) is 12.5 Å². The zero-order chi connectivity index (χ0) is 22.0. The number of rotatable bonds is 2. The summed E-state index contributed by atoms with van der Waals surface area (Å²) in [4.78, 5) is 25.4. The third-order valence-electron chi connectivity index (χ3n) is 5.59. The molecule has 0 aromatic heterocycles. The van der Waals surface area contributed by atoms with Crippen LogP contribution in [0.3, 0.4) is 0 Å². The van der Waals surface area contributed by atoms with Crippen LogP contribution in [-0.2, 0) is 4.79 Å². The molecule has 1 N–H and O–H groups in total. The largest absolute Gasteiger partial charge is 0.508 e. The lowest BCUT2D eigenvalue weighted by Gasteiger charge is -2.43. The van der Waals surface area contributed by atoms with Crippen LogP contribution in [0.15, 0.2) is 57.9 Å². The molecule has 0 spiro atoms. The van der Waals surface area contributed by atoms with E-state index in [1.165, 1.54) is 31.2 Å². The van der Waals surface area contributed by atoms with E-state index in [4.69, 9.17) is 0 Å². The number of benzene rings is 2. The van der Waals surface area contributed by atoms with Gasteiger partial charge in [0.25, 0.3) is 0 Å². The van der Waals surface area contributed by atoms with Crippen LogP contribution >= 0.6 is 10.0 Å². The first-order valence-electron chi connectivity index (χ1n) is 9.29. The van der Waals surface area contributed by atoms with Crippen LogP contribution in [0.1, 0.15) is 34.0 Å². The van der Waals surface area contributed by atoms with Crippen LogP contribution in [0, 0.1) is 18.6 Å². The van der Waals surface area contributed by atoms with Crippen LogP contribution in [0.5, 0.6) is 5.75 Å². The molecule has 3 nitrogen and oxygen atoms in total. The number of fused-ring (bicyclic) bond motifs is 2. The molecule has 2 aromatic rings. The van der Waals surface area contributed by atoms with Crippen molar-refractivity contribution >= 4 is 27.2 Å². The van der Waals surface area contributed by atoms with Gasteiger partial charge in [-0.1, -0.05) is 0 Å². The molecule has 1 aliphatic carbocycles. The van der Waals surface area contributed by atoms with Gasteiger partial charge in [0.2, 0.25) is 0 Å². The molecule has 0 saturated heterocycles. The fourth-order valence-electron chi connectivity index (χ4n) is 4.12. The Morgan fingerprint density at radius 3 is 2.43 bits per heavy atom. The van der Waals surface area contributed by atoms with E-state index >= 15 is 4.39 Å². The molecule has 1 aliphatic heterocycles. The molecule has 0 bridgehead atoms. The minimum Gasteiger partial charge on any atom is -0.508 e. The van der Waals surface area contributed by atoms with Gasteiger partial charge in [-0.15, -0.1) is 0 Å². The van der Waals surface area contributed by atoms with E-state index < -0.39 is 27.4 Å². The number of hydrogen-bond donors (Lipinski definition) is 1.